The van der Waals surface area contributed by atoms with Crippen LogP contribution in [0.3, 0.4) is 0 Å². The molecule has 0 atom stereocenters. The summed E-state index contributed by atoms with van der Waals surface area (Å²) in [5, 5.41) is 8.09. The van der Waals surface area contributed by atoms with Gasteiger partial charge in [-0.05, 0) is 44.7 Å². The molecule has 0 radical (unpaired) electrons. The van der Waals surface area contributed by atoms with Crippen molar-refractivity contribution in [2.45, 2.75) is 42.9 Å². The van der Waals surface area contributed by atoms with Crippen LogP contribution in [0.25, 0.3) is 0 Å². The molecule has 1 aromatic carbocycles. The molecular weight excluding hydrogens is 275 g/mol. The van der Waals surface area contributed by atoms with E-state index in [0.717, 1.165) is 10.1 Å². The lowest BCUT2D eigenvalue weighted by Gasteiger charge is -2.21. The lowest BCUT2D eigenvalue weighted by atomic mass is 10.1. The summed E-state index contributed by atoms with van der Waals surface area (Å²) in [5.74, 6) is -0.200. The molecule has 108 valence electrons. The largest absolute Gasteiger partial charge is 0.308 e. The summed E-state index contributed by atoms with van der Waals surface area (Å²) >= 11 is 1.42. The van der Waals surface area contributed by atoms with Crippen LogP contribution in [0.1, 0.15) is 26.3 Å². The van der Waals surface area contributed by atoms with Gasteiger partial charge in [0.05, 0.1) is 0 Å². The number of hydrogen-bond donors (Lipinski definition) is 1. The molecule has 0 saturated heterocycles. The van der Waals surface area contributed by atoms with Crippen molar-refractivity contribution in [3.05, 3.63) is 35.9 Å². The standard InChI is InChI=1S/C14H19FN4S/c1-14(2,3)17-8-10-11(15)6-5-7-12(10)20-13-16-9-18-19(13)4/h5-7,9,17H,8H2,1-4H3. The molecule has 6 heteroatoms. The van der Waals surface area contributed by atoms with Crippen LogP contribution in [0.15, 0.2) is 34.6 Å². The molecule has 1 aromatic heterocycles. The molecule has 1 heterocycles. The topological polar surface area (TPSA) is 42.7 Å². The molecule has 0 spiro atoms. The lowest BCUT2D eigenvalue weighted by molar-refractivity contribution is 0.416. The molecular formula is C14H19FN4S. The van der Waals surface area contributed by atoms with E-state index in [4.69, 9.17) is 0 Å². The molecule has 0 unspecified atom stereocenters. The Morgan fingerprint density at radius 2 is 2.10 bits per heavy atom. The average molecular weight is 294 g/mol. The van der Waals surface area contributed by atoms with Gasteiger partial charge in [0.2, 0.25) is 0 Å². The molecule has 0 aliphatic carbocycles. The summed E-state index contributed by atoms with van der Waals surface area (Å²) in [6.45, 7) is 6.66. The molecule has 2 rings (SSSR count). The predicted octanol–water partition coefficient (Wildman–Crippen LogP) is 2.99. The first-order valence-electron chi connectivity index (χ1n) is 6.41. The van der Waals surface area contributed by atoms with Gasteiger partial charge in [0.1, 0.15) is 12.1 Å². The number of aryl methyl sites for hydroxylation is 1. The van der Waals surface area contributed by atoms with Crippen molar-refractivity contribution in [3.63, 3.8) is 0 Å². The molecule has 20 heavy (non-hydrogen) atoms. The van der Waals surface area contributed by atoms with E-state index in [1.807, 2.05) is 13.1 Å². The maximum atomic E-state index is 14.1. The second-order valence-corrected chi connectivity index (χ2v) is 6.60. The van der Waals surface area contributed by atoms with E-state index < -0.39 is 0 Å². The Kier molecular flexibility index (Phi) is 4.45. The fourth-order valence-electron chi connectivity index (χ4n) is 1.64. The van der Waals surface area contributed by atoms with Gasteiger partial charge in [-0.1, -0.05) is 6.07 Å². The van der Waals surface area contributed by atoms with E-state index in [2.05, 4.69) is 36.2 Å². The number of halogens is 1. The van der Waals surface area contributed by atoms with E-state index in [0.29, 0.717) is 12.1 Å². The molecule has 2 aromatic rings. The zero-order valence-electron chi connectivity index (χ0n) is 12.1. The van der Waals surface area contributed by atoms with Gasteiger partial charge in [-0.15, -0.1) is 0 Å². The zero-order chi connectivity index (χ0) is 14.8. The van der Waals surface area contributed by atoms with Crippen LogP contribution < -0.4 is 5.32 Å². The molecule has 0 aliphatic rings. The van der Waals surface area contributed by atoms with E-state index in [1.165, 1.54) is 24.2 Å². The van der Waals surface area contributed by atoms with Crippen LogP contribution in [-0.2, 0) is 13.6 Å². The second-order valence-electron chi connectivity index (χ2n) is 5.59. The minimum Gasteiger partial charge on any atom is -0.308 e. The monoisotopic (exact) mass is 294 g/mol. The highest BCUT2D eigenvalue weighted by Crippen LogP contribution is 2.30. The van der Waals surface area contributed by atoms with Crippen LogP contribution in [0, 0.1) is 5.82 Å². The van der Waals surface area contributed by atoms with Gasteiger partial charge in [0, 0.05) is 29.6 Å². The number of benzene rings is 1. The minimum atomic E-state index is -0.200. The van der Waals surface area contributed by atoms with Crippen LogP contribution in [0.5, 0.6) is 0 Å². The summed E-state index contributed by atoms with van der Waals surface area (Å²) in [6.07, 6.45) is 1.49. The van der Waals surface area contributed by atoms with Gasteiger partial charge in [0.15, 0.2) is 5.16 Å². The van der Waals surface area contributed by atoms with Crippen molar-refractivity contribution in [2.75, 3.05) is 0 Å². The Morgan fingerprint density at radius 1 is 1.35 bits per heavy atom. The summed E-state index contributed by atoms with van der Waals surface area (Å²) < 4.78 is 15.7. The summed E-state index contributed by atoms with van der Waals surface area (Å²) in [7, 11) is 1.82. The fourth-order valence-corrected chi connectivity index (χ4v) is 2.55. The Balaban J connectivity index is 2.24. The fraction of sp³-hybridized carbons (Fsp3) is 0.429. The average Bonchev–Trinajstić information content (AvgIpc) is 2.73. The van der Waals surface area contributed by atoms with Gasteiger partial charge in [-0.3, -0.25) is 0 Å². The number of hydrogen-bond acceptors (Lipinski definition) is 4. The SMILES string of the molecule is Cn1ncnc1Sc1cccc(F)c1CNC(C)(C)C. The highest BCUT2D eigenvalue weighted by Gasteiger charge is 2.15. The van der Waals surface area contributed by atoms with Gasteiger partial charge in [-0.2, -0.15) is 5.10 Å². The molecule has 4 nitrogen and oxygen atoms in total. The minimum absolute atomic E-state index is 0.0605. The van der Waals surface area contributed by atoms with E-state index in [9.17, 15) is 4.39 Å². The maximum absolute atomic E-state index is 14.1. The van der Waals surface area contributed by atoms with Gasteiger partial charge in [-0.25, -0.2) is 14.1 Å². The van der Waals surface area contributed by atoms with Crippen LogP contribution in [0.4, 0.5) is 4.39 Å². The quantitative estimate of drug-likeness (QED) is 0.941. The Bertz CT molecular complexity index is 589. The molecule has 1 N–H and O–H groups in total. The Morgan fingerprint density at radius 3 is 2.70 bits per heavy atom. The summed E-state index contributed by atoms with van der Waals surface area (Å²) in [6, 6.07) is 5.11. The van der Waals surface area contributed by atoms with Crippen LogP contribution >= 0.6 is 11.8 Å². The van der Waals surface area contributed by atoms with Crippen molar-refractivity contribution in [1.82, 2.24) is 20.1 Å². The zero-order valence-corrected chi connectivity index (χ0v) is 13.0. The van der Waals surface area contributed by atoms with Gasteiger partial charge in [0.25, 0.3) is 0 Å². The molecule has 0 fully saturated rings. The maximum Gasteiger partial charge on any atom is 0.190 e. The van der Waals surface area contributed by atoms with Crippen molar-refractivity contribution < 1.29 is 4.39 Å². The van der Waals surface area contributed by atoms with Crippen LogP contribution in [-0.4, -0.2) is 20.3 Å². The summed E-state index contributed by atoms with van der Waals surface area (Å²) in [5.41, 5.74) is 0.602. The first-order valence-corrected chi connectivity index (χ1v) is 7.23. The first-order chi connectivity index (χ1) is 9.37. The molecule has 0 aliphatic heterocycles. The highest BCUT2D eigenvalue weighted by atomic mass is 32.2. The number of rotatable bonds is 4. The predicted molar refractivity (Wildman–Crippen MR) is 78.1 cm³/mol. The third kappa shape index (κ3) is 3.80. The van der Waals surface area contributed by atoms with Gasteiger partial charge >= 0.3 is 0 Å². The highest BCUT2D eigenvalue weighted by molar-refractivity contribution is 7.99. The number of aromatic nitrogens is 3. The molecule has 0 saturated carbocycles. The smallest absolute Gasteiger partial charge is 0.190 e. The normalized spacial score (nSPS) is 11.8. The van der Waals surface area contributed by atoms with Crippen LogP contribution in [0.2, 0.25) is 0 Å². The Hall–Kier alpha value is -1.40. The third-order valence-electron chi connectivity index (χ3n) is 2.74. The van der Waals surface area contributed by atoms with E-state index in [1.54, 1.807) is 10.7 Å². The van der Waals surface area contributed by atoms with Crippen molar-refractivity contribution >= 4 is 11.8 Å². The number of nitrogens with zero attached hydrogens (tertiary/aromatic N) is 3. The van der Waals surface area contributed by atoms with Crippen molar-refractivity contribution in [3.8, 4) is 0 Å². The Labute approximate surface area is 122 Å². The van der Waals surface area contributed by atoms with Crippen molar-refractivity contribution in [2.24, 2.45) is 7.05 Å². The van der Waals surface area contributed by atoms with E-state index >= 15 is 0 Å². The second kappa shape index (κ2) is 5.93. The molecule has 0 bridgehead atoms. The summed E-state index contributed by atoms with van der Waals surface area (Å²) in [4.78, 5) is 5.02. The lowest BCUT2D eigenvalue weighted by Crippen LogP contribution is -2.35. The van der Waals surface area contributed by atoms with Crippen molar-refractivity contribution in [1.29, 1.82) is 0 Å². The van der Waals surface area contributed by atoms with Gasteiger partial charge < -0.3 is 5.32 Å². The first kappa shape index (κ1) is 15.0. The third-order valence-corrected chi connectivity index (χ3v) is 3.90. The van der Waals surface area contributed by atoms with E-state index in [-0.39, 0.29) is 11.4 Å². The molecule has 0 amide bonds. The number of nitrogens with one attached hydrogen (secondary N) is 1.